The summed E-state index contributed by atoms with van der Waals surface area (Å²) in [5.41, 5.74) is 1.48. The van der Waals surface area contributed by atoms with Crippen LogP contribution in [-0.2, 0) is 0 Å². The number of hydrogen-bond donors (Lipinski definition) is 0. The maximum Gasteiger partial charge on any atom is 0.120 e. The van der Waals surface area contributed by atoms with Crippen molar-refractivity contribution in [3.05, 3.63) is 24.3 Å². The van der Waals surface area contributed by atoms with Gasteiger partial charge in [0.1, 0.15) is 11.4 Å². The van der Waals surface area contributed by atoms with Crippen LogP contribution in [0.25, 0.3) is 0 Å². The van der Waals surface area contributed by atoms with Crippen LogP contribution in [0.15, 0.2) is 24.3 Å². The van der Waals surface area contributed by atoms with E-state index in [1.54, 1.807) is 0 Å². The standard InChI is InChI=1S/C20H29NO.ClH/c1-3-21(4-2)18-5-7-19(8-6-18)22-20-12-15-9-16(13-20)11-17(10-15)14-20;/h5-8,15-17H,3-4,9-14H2,1-2H3;1H. The third-order valence-electron chi connectivity index (χ3n) is 6.28. The molecule has 0 heterocycles. The summed E-state index contributed by atoms with van der Waals surface area (Å²) in [5.74, 6) is 3.92. The SMILES string of the molecule is CCN(CC)c1ccc(OC23CC4CC(CC(C4)C2)C3)cc1.Cl. The van der Waals surface area contributed by atoms with Gasteiger partial charge < -0.3 is 9.64 Å². The molecule has 0 saturated heterocycles. The molecule has 4 aliphatic carbocycles. The maximum absolute atomic E-state index is 6.60. The molecule has 4 bridgehead atoms. The summed E-state index contributed by atoms with van der Waals surface area (Å²) < 4.78 is 6.60. The zero-order valence-corrected chi connectivity index (χ0v) is 15.3. The average molecular weight is 336 g/mol. The molecule has 0 aromatic heterocycles. The summed E-state index contributed by atoms with van der Waals surface area (Å²) >= 11 is 0. The van der Waals surface area contributed by atoms with Gasteiger partial charge in [-0.3, -0.25) is 0 Å². The van der Waals surface area contributed by atoms with Crippen LogP contribution < -0.4 is 9.64 Å². The van der Waals surface area contributed by atoms with Crippen LogP contribution in [0.3, 0.4) is 0 Å². The van der Waals surface area contributed by atoms with Gasteiger partial charge in [-0.15, -0.1) is 12.4 Å². The van der Waals surface area contributed by atoms with Gasteiger partial charge >= 0.3 is 0 Å². The number of hydrogen-bond acceptors (Lipinski definition) is 2. The van der Waals surface area contributed by atoms with Crippen molar-refractivity contribution in [3.8, 4) is 5.75 Å². The molecule has 5 rings (SSSR count). The average Bonchev–Trinajstić information content (AvgIpc) is 2.48. The molecule has 0 atom stereocenters. The molecule has 0 amide bonds. The summed E-state index contributed by atoms with van der Waals surface area (Å²) in [4.78, 5) is 2.38. The highest BCUT2D eigenvalue weighted by Crippen LogP contribution is 2.57. The highest BCUT2D eigenvalue weighted by Gasteiger charge is 2.52. The zero-order valence-electron chi connectivity index (χ0n) is 14.5. The van der Waals surface area contributed by atoms with Gasteiger partial charge in [0.15, 0.2) is 0 Å². The smallest absolute Gasteiger partial charge is 0.120 e. The number of anilines is 1. The van der Waals surface area contributed by atoms with E-state index < -0.39 is 0 Å². The van der Waals surface area contributed by atoms with E-state index in [1.165, 1.54) is 44.2 Å². The van der Waals surface area contributed by atoms with Crippen molar-refractivity contribution in [2.24, 2.45) is 17.8 Å². The highest BCUT2D eigenvalue weighted by molar-refractivity contribution is 5.85. The Hall–Kier alpha value is -0.890. The molecule has 0 unspecified atom stereocenters. The third-order valence-corrected chi connectivity index (χ3v) is 6.28. The molecule has 0 spiro atoms. The van der Waals surface area contributed by atoms with Crippen molar-refractivity contribution in [1.29, 1.82) is 0 Å². The Morgan fingerprint density at radius 3 is 1.83 bits per heavy atom. The molecule has 4 aliphatic rings. The summed E-state index contributed by atoms with van der Waals surface area (Å²) in [5, 5.41) is 0. The molecule has 1 aromatic rings. The van der Waals surface area contributed by atoms with Crippen molar-refractivity contribution in [2.45, 2.75) is 58.0 Å². The van der Waals surface area contributed by atoms with Gasteiger partial charge in [0.05, 0.1) is 0 Å². The second-order valence-corrected chi connectivity index (χ2v) is 7.87. The first-order valence-electron chi connectivity index (χ1n) is 9.23. The number of halogens is 1. The molecular weight excluding hydrogens is 306 g/mol. The monoisotopic (exact) mass is 335 g/mol. The molecule has 3 heteroatoms. The Labute approximate surface area is 147 Å². The molecule has 128 valence electrons. The number of benzene rings is 1. The van der Waals surface area contributed by atoms with Gasteiger partial charge in [0.25, 0.3) is 0 Å². The molecule has 23 heavy (non-hydrogen) atoms. The van der Waals surface area contributed by atoms with Crippen LogP contribution in [0.5, 0.6) is 5.75 Å². The lowest BCUT2D eigenvalue weighted by molar-refractivity contribution is -0.107. The van der Waals surface area contributed by atoms with Crippen molar-refractivity contribution >= 4 is 18.1 Å². The minimum absolute atomic E-state index is 0. The fraction of sp³-hybridized carbons (Fsp3) is 0.700. The van der Waals surface area contributed by atoms with Crippen LogP contribution in [0.4, 0.5) is 5.69 Å². The Morgan fingerprint density at radius 2 is 1.39 bits per heavy atom. The molecule has 4 fully saturated rings. The first kappa shape index (κ1) is 17.0. The van der Waals surface area contributed by atoms with E-state index in [-0.39, 0.29) is 18.0 Å². The van der Waals surface area contributed by atoms with E-state index in [9.17, 15) is 0 Å². The molecular formula is C20H30ClNO. The lowest BCUT2D eigenvalue weighted by Crippen LogP contribution is -2.53. The van der Waals surface area contributed by atoms with Crippen LogP contribution in [0, 0.1) is 17.8 Å². The minimum Gasteiger partial charge on any atom is -0.487 e. The van der Waals surface area contributed by atoms with Gasteiger partial charge in [-0.2, -0.15) is 0 Å². The molecule has 0 N–H and O–H groups in total. The first-order chi connectivity index (χ1) is 10.7. The van der Waals surface area contributed by atoms with E-state index in [2.05, 4.69) is 43.0 Å². The topological polar surface area (TPSA) is 12.5 Å². The van der Waals surface area contributed by atoms with Gasteiger partial charge in [-0.1, -0.05) is 0 Å². The normalized spacial score (nSPS) is 34.1. The van der Waals surface area contributed by atoms with E-state index in [1.807, 2.05) is 0 Å². The van der Waals surface area contributed by atoms with Gasteiger partial charge in [-0.25, -0.2) is 0 Å². The summed E-state index contributed by atoms with van der Waals surface area (Å²) in [7, 11) is 0. The molecule has 1 aromatic carbocycles. The minimum atomic E-state index is 0. The van der Waals surface area contributed by atoms with Gasteiger partial charge in [-0.05, 0) is 94.4 Å². The summed E-state index contributed by atoms with van der Waals surface area (Å²) in [6.07, 6.45) is 8.33. The number of nitrogens with zero attached hydrogens (tertiary/aromatic N) is 1. The fourth-order valence-corrected chi connectivity index (χ4v) is 5.72. The number of ether oxygens (including phenoxy) is 1. The van der Waals surface area contributed by atoms with E-state index >= 15 is 0 Å². The number of rotatable bonds is 5. The van der Waals surface area contributed by atoms with Crippen LogP contribution in [0.2, 0.25) is 0 Å². The summed E-state index contributed by atoms with van der Waals surface area (Å²) in [6.45, 7) is 6.55. The Balaban J connectivity index is 0.00000156. The largest absolute Gasteiger partial charge is 0.487 e. The molecule has 4 saturated carbocycles. The lowest BCUT2D eigenvalue weighted by Gasteiger charge is -2.56. The third kappa shape index (κ3) is 3.20. The lowest BCUT2D eigenvalue weighted by atomic mass is 9.54. The Morgan fingerprint density at radius 1 is 0.913 bits per heavy atom. The van der Waals surface area contributed by atoms with E-state index in [4.69, 9.17) is 4.74 Å². The van der Waals surface area contributed by atoms with Crippen molar-refractivity contribution in [3.63, 3.8) is 0 Å². The van der Waals surface area contributed by atoms with Gasteiger partial charge in [0.2, 0.25) is 0 Å². The van der Waals surface area contributed by atoms with Crippen molar-refractivity contribution < 1.29 is 4.74 Å². The van der Waals surface area contributed by atoms with E-state index in [0.717, 1.165) is 36.6 Å². The summed E-state index contributed by atoms with van der Waals surface area (Å²) in [6, 6.07) is 8.82. The van der Waals surface area contributed by atoms with Crippen LogP contribution in [0.1, 0.15) is 52.4 Å². The first-order valence-corrected chi connectivity index (χ1v) is 9.23. The highest BCUT2D eigenvalue weighted by atomic mass is 35.5. The second kappa shape index (κ2) is 6.55. The van der Waals surface area contributed by atoms with Crippen LogP contribution in [-0.4, -0.2) is 18.7 Å². The van der Waals surface area contributed by atoms with Crippen LogP contribution >= 0.6 is 12.4 Å². The fourth-order valence-electron chi connectivity index (χ4n) is 5.72. The quantitative estimate of drug-likeness (QED) is 0.723. The predicted octanol–water partition coefficient (Wildman–Crippen LogP) is 5.30. The van der Waals surface area contributed by atoms with Crippen molar-refractivity contribution in [1.82, 2.24) is 0 Å². The molecule has 0 aliphatic heterocycles. The second-order valence-electron chi connectivity index (χ2n) is 7.87. The predicted molar refractivity (Wildman–Crippen MR) is 98.8 cm³/mol. The van der Waals surface area contributed by atoms with Gasteiger partial charge in [0, 0.05) is 18.8 Å². The van der Waals surface area contributed by atoms with E-state index in [0.29, 0.717) is 0 Å². The Bertz CT molecular complexity index is 488. The Kier molecular flexibility index (Phi) is 4.83. The maximum atomic E-state index is 6.60. The zero-order chi connectivity index (χ0) is 15.2. The van der Waals surface area contributed by atoms with Crippen molar-refractivity contribution in [2.75, 3.05) is 18.0 Å². The molecule has 0 radical (unpaired) electrons. The molecule has 2 nitrogen and oxygen atoms in total.